The van der Waals surface area contributed by atoms with Gasteiger partial charge in [0.15, 0.2) is 16.1 Å². The van der Waals surface area contributed by atoms with Gasteiger partial charge in [0.25, 0.3) is 0 Å². The predicted octanol–water partition coefficient (Wildman–Crippen LogP) is 25.2. The van der Waals surface area contributed by atoms with Crippen molar-refractivity contribution in [3.8, 4) is 67.3 Å². The Bertz CT molecular complexity index is 7960. The summed E-state index contributed by atoms with van der Waals surface area (Å²) in [6.07, 6.45) is 0. The highest BCUT2D eigenvalue weighted by atomic mass is 28.3. The normalized spacial score (nSPS) is 11.8. The Hall–Kier alpha value is -16.0. The minimum atomic E-state index is -2.80. The molecule has 0 aliphatic rings. The van der Waals surface area contributed by atoms with Gasteiger partial charge in [0, 0.05) is 65.8 Å². The molecule has 24 rings (SSSR count). The van der Waals surface area contributed by atoms with Crippen LogP contribution in [-0.2, 0) is 0 Å². The number of benzene rings is 20. The lowest BCUT2D eigenvalue weighted by molar-refractivity contribution is 1.18. The first-order valence-corrected chi connectivity index (χ1v) is 47.5. The van der Waals surface area contributed by atoms with Gasteiger partial charge in [-0.15, -0.1) is 0 Å². The molecule has 0 amide bonds. The second-order valence-electron chi connectivity index (χ2n) is 33.0. The van der Waals surface area contributed by atoms with E-state index in [9.17, 15) is 0 Å². The molecule has 20 aromatic carbocycles. The molecule has 0 saturated heterocycles. The molecule has 592 valence electrons. The van der Waals surface area contributed by atoms with Crippen molar-refractivity contribution in [3.63, 3.8) is 0 Å². The second-order valence-corrected chi connectivity index (χ2v) is 40.6. The van der Waals surface area contributed by atoms with Crippen molar-refractivity contribution >= 4 is 145 Å². The molecule has 6 heteroatoms. The molecule has 0 aliphatic heterocycles. The van der Waals surface area contributed by atoms with Crippen molar-refractivity contribution in [2.24, 2.45) is 0 Å². The molecule has 0 aliphatic carbocycles. The second kappa shape index (κ2) is 31.8. The highest BCUT2D eigenvalue weighted by Crippen LogP contribution is 2.43. The molecule has 0 saturated carbocycles. The Morgan fingerprint density at radius 2 is 0.333 bits per heavy atom. The molecule has 0 bridgehead atoms. The van der Waals surface area contributed by atoms with Gasteiger partial charge in [-0.05, 0) is 207 Å². The number of hydrogen-bond donors (Lipinski definition) is 0. The van der Waals surface area contributed by atoms with Crippen LogP contribution in [-0.4, -0.2) is 34.4 Å². The highest BCUT2D eigenvalue weighted by Gasteiger charge is 2.43. The van der Waals surface area contributed by atoms with E-state index in [4.69, 9.17) is 0 Å². The lowest BCUT2D eigenvalue weighted by Gasteiger charge is -2.34. The molecule has 24 aromatic rings. The summed E-state index contributed by atoms with van der Waals surface area (Å²) in [4.78, 5) is 0. The van der Waals surface area contributed by atoms with Crippen LogP contribution in [0.4, 0.5) is 0 Å². The summed E-state index contributed by atoms with van der Waals surface area (Å²) in [7, 11) is -5.60. The van der Waals surface area contributed by atoms with Gasteiger partial charge in [0.2, 0.25) is 0 Å². The van der Waals surface area contributed by atoms with Gasteiger partial charge in [-0.2, -0.15) is 0 Å². The Kier molecular flexibility index (Phi) is 18.9. The zero-order valence-corrected chi connectivity index (χ0v) is 71.3. The number of hydrogen-bond acceptors (Lipinski definition) is 0. The van der Waals surface area contributed by atoms with Gasteiger partial charge < -0.3 is 18.3 Å². The summed E-state index contributed by atoms with van der Waals surface area (Å²) in [6, 6.07) is 189. The summed E-state index contributed by atoms with van der Waals surface area (Å²) in [5, 5.41) is 20.8. The van der Waals surface area contributed by atoms with Crippen LogP contribution in [0, 0.1) is 0 Å². The topological polar surface area (TPSA) is 19.7 Å². The quantitative estimate of drug-likeness (QED) is 0.0679. The van der Waals surface area contributed by atoms with Crippen LogP contribution < -0.4 is 41.5 Å². The third kappa shape index (κ3) is 12.7. The van der Waals surface area contributed by atoms with Gasteiger partial charge in [-0.25, -0.2) is 0 Å². The van der Waals surface area contributed by atoms with Gasteiger partial charge >= 0.3 is 0 Å². The van der Waals surface area contributed by atoms with E-state index in [1.54, 1.807) is 0 Å². The van der Waals surface area contributed by atoms with Crippen LogP contribution in [0.25, 0.3) is 154 Å². The number of nitrogens with zero attached hydrogens (tertiary/aromatic N) is 4. The predicted molar refractivity (Wildman–Crippen MR) is 539 cm³/mol. The van der Waals surface area contributed by atoms with E-state index >= 15 is 0 Å². The minimum absolute atomic E-state index is 1.14. The Morgan fingerprint density at radius 3 is 0.683 bits per heavy atom. The van der Waals surface area contributed by atoms with E-state index in [0.29, 0.717) is 0 Å². The summed E-state index contributed by atoms with van der Waals surface area (Å²) in [5.74, 6) is 0. The maximum Gasteiger partial charge on any atom is 0.179 e. The van der Waals surface area contributed by atoms with Gasteiger partial charge in [-0.1, -0.05) is 388 Å². The molecule has 0 N–H and O–H groups in total. The van der Waals surface area contributed by atoms with E-state index in [1.807, 2.05) is 0 Å². The molecule has 0 atom stereocenters. The fourth-order valence-corrected chi connectivity index (χ4v) is 30.0. The fourth-order valence-electron chi connectivity index (χ4n) is 20.5. The molecule has 4 aromatic heterocycles. The van der Waals surface area contributed by atoms with Gasteiger partial charge in [0.1, 0.15) is 0 Å². The van der Waals surface area contributed by atoms with E-state index in [0.717, 1.165) is 11.4 Å². The van der Waals surface area contributed by atoms with Crippen molar-refractivity contribution in [2.75, 3.05) is 0 Å². The van der Waals surface area contributed by atoms with Crippen LogP contribution >= 0.6 is 0 Å². The van der Waals surface area contributed by atoms with Crippen molar-refractivity contribution in [3.05, 3.63) is 510 Å². The first-order valence-electron chi connectivity index (χ1n) is 43.5. The summed E-state index contributed by atoms with van der Waals surface area (Å²) < 4.78 is 9.74. The first kappa shape index (κ1) is 75.0. The lowest BCUT2D eigenvalue weighted by atomic mass is 10.0. The largest absolute Gasteiger partial charge is 0.309 e. The molecular formula is C120H84N4Si2. The minimum Gasteiger partial charge on any atom is -0.309 e. The third-order valence-corrected chi connectivity index (χ3v) is 35.7. The zero-order chi connectivity index (χ0) is 83.5. The molecule has 0 unspecified atom stereocenters. The van der Waals surface area contributed by atoms with Crippen molar-refractivity contribution in [2.45, 2.75) is 0 Å². The summed E-state index contributed by atoms with van der Waals surface area (Å²) in [6.45, 7) is 0. The number of para-hydroxylation sites is 4. The molecule has 4 heterocycles. The monoisotopic (exact) mass is 1640 g/mol. The third-order valence-electron chi connectivity index (χ3n) is 26.1. The molecule has 126 heavy (non-hydrogen) atoms. The first-order chi connectivity index (χ1) is 62.5. The standard InChI is InChI=1S/2C60H42N2Si/c1-6-19-43(20-7-1)44-21-18-24-48(39-44)62-59-38-34-46(45-33-37-58-55(40-45)53-31-16-17-32-57(53)61(58)47-22-8-2-9-23-47)41-56(59)54-36-35-52(42-60(54)62)63(49-25-10-3-11-26-49,50-27-12-4-13-28-50)51-29-14-5-15-30-51;1-6-19-43(20-7-1)44-21-18-24-48(39-44)62-59-37-34-46(45-33-36-58-54(40-45)53-31-16-17-32-57(53)61(58)47-22-8-2-9-23-47)41-55(59)56-42-52(35-38-60(56)62)63(49-25-10-3-11-26-49,50-27-12-4-13-28-50)51-29-14-5-15-30-51/h2*1-42H. The van der Waals surface area contributed by atoms with Crippen molar-refractivity contribution in [1.29, 1.82) is 0 Å². The summed E-state index contributed by atoms with van der Waals surface area (Å²) >= 11 is 0. The molecule has 0 spiro atoms. The number of rotatable bonds is 16. The average molecular weight is 1640 g/mol. The zero-order valence-electron chi connectivity index (χ0n) is 69.3. The van der Waals surface area contributed by atoms with Gasteiger partial charge in [0.05, 0.1) is 44.1 Å². The van der Waals surface area contributed by atoms with E-state index in [1.165, 1.54) is 185 Å². The summed E-state index contributed by atoms with van der Waals surface area (Å²) in [5.41, 5.74) is 23.8. The molecule has 0 fully saturated rings. The fraction of sp³-hybridized carbons (Fsp3) is 0. The Balaban J connectivity index is 0.000000145. The maximum atomic E-state index is 2.54. The SMILES string of the molecule is c1ccc(-c2cccc(-n3c4ccc(-c5ccc6c(c5)c5ccccc5n6-c5ccccc5)cc4c4cc([Si](c5ccccc5)(c5ccccc5)c5ccccc5)ccc43)c2)cc1.c1ccc(-c2cccc(-n3c4ccc(-c5ccc6c(c5)c5ccccc5n6-c5ccccc5)cc4c4ccc([Si](c5ccccc5)(c5ccccc5)c5ccccc5)cc43)c2)cc1. The van der Waals surface area contributed by atoms with E-state index < -0.39 is 16.1 Å². The molecule has 4 nitrogen and oxygen atoms in total. The smallest absolute Gasteiger partial charge is 0.179 e. The molecular weight excluding hydrogens is 1550 g/mol. The van der Waals surface area contributed by atoms with Gasteiger partial charge in [-0.3, -0.25) is 0 Å². The van der Waals surface area contributed by atoms with E-state index in [2.05, 4.69) is 528 Å². The van der Waals surface area contributed by atoms with Crippen LogP contribution in [0.15, 0.2) is 510 Å². The molecule has 0 radical (unpaired) electrons. The Labute approximate surface area is 734 Å². The van der Waals surface area contributed by atoms with Crippen LogP contribution in [0.5, 0.6) is 0 Å². The number of aromatic nitrogens is 4. The van der Waals surface area contributed by atoms with Crippen LogP contribution in [0.2, 0.25) is 0 Å². The Morgan fingerprint density at radius 1 is 0.111 bits per heavy atom. The van der Waals surface area contributed by atoms with Crippen molar-refractivity contribution < 1.29 is 0 Å². The average Bonchev–Trinajstić information content (AvgIpc) is 1.51. The van der Waals surface area contributed by atoms with E-state index in [-0.39, 0.29) is 0 Å². The lowest BCUT2D eigenvalue weighted by Crippen LogP contribution is -2.74. The maximum absolute atomic E-state index is 2.80. The van der Waals surface area contributed by atoms with Crippen molar-refractivity contribution in [1.82, 2.24) is 18.3 Å². The van der Waals surface area contributed by atoms with Crippen LogP contribution in [0.1, 0.15) is 0 Å². The van der Waals surface area contributed by atoms with Crippen LogP contribution in [0.3, 0.4) is 0 Å². The highest BCUT2D eigenvalue weighted by molar-refractivity contribution is 7.20. The number of fused-ring (bicyclic) bond motifs is 12.